The fraction of sp³-hybridized carbons (Fsp3) is 0.600. The lowest BCUT2D eigenvalue weighted by molar-refractivity contribution is 0.538. The molecule has 2 fully saturated rings. The predicted molar refractivity (Wildman–Crippen MR) is 87.4 cm³/mol. The first-order valence-corrected chi connectivity index (χ1v) is 9.63. The minimum absolute atomic E-state index is 0.555. The fourth-order valence-corrected chi connectivity index (χ4v) is 5.78. The SMILES string of the molecule is c1cnc2c(c1)nc(CC1CCSC1)n2C1CCCS1. The predicted octanol–water partition coefficient (Wildman–Crippen LogP) is 3.75. The van der Waals surface area contributed by atoms with Crippen molar-refractivity contribution in [3.8, 4) is 0 Å². The summed E-state index contributed by atoms with van der Waals surface area (Å²) in [5.74, 6) is 5.97. The summed E-state index contributed by atoms with van der Waals surface area (Å²) >= 11 is 4.15. The van der Waals surface area contributed by atoms with Crippen LogP contribution in [0.4, 0.5) is 0 Å². The molecule has 2 aromatic heterocycles. The number of rotatable bonds is 3. The summed E-state index contributed by atoms with van der Waals surface area (Å²) in [5, 5.41) is 0.555. The van der Waals surface area contributed by atoms with Gasteiger partial charge in [-0.3, -0.25) is 4.57 Å². The Hall–Kier alpha value is -0.680. The summed E-state index contributed by atoms with van der Waals surface area (Å²) in [6.45, 7) is 0. The number of nitrogens with zero attached hydrogens (tertiary/aromatic N) is 3. The lowest BCUT2D eigenvalue weighted by atomic mass is 10.1. The van der Waals surface area contributed by atoms with Gasteiger partial charge in [-0.05, 0) is 54.6 Å². The lowest BCUT2D eigenvalue weighted by Gasteiger charge is -2.16. The van der Waals surface area contributed by atoms with Gasteiger partial charge in [-0.15, -0.1) is 11.8 Å². The Balaban J connectivity index is 1.74. The highest BCUT2D eigenvalue weighted by molar-refractivity contribution is 7.99. The number of imidazole rings is 1. The first kappa shape index (κ1) is 13.0. The second-order valence-corrected chi connectivity index (χ2v) is 8.08. The standard InChI is InChI=1S/C15H19N3S2/c1-3-12-15(16-6-1)18(14-4-2-7-20-14)13(17-12)9-11-5-8-19-10-11/h1,3,6,11,14H,2,4-5,7-10H2. The first-order valence-electron chi connectivity index (χ1n) is 7.43. The van der Waals surface area contributed by atoms with E-state index in [0.717, 1.165) is 23.5 Å². The molecule has 2 aliphatic rings. The van der Waals surface area contributed by atoms with Crippen molar-refractivity contribution in [2.75, 3.05) is 17.3 Å². The summed E-state index contributed by atoms with van der Waals surface area (Å²) in [6, 6.07) is 4.10. The van der Waals surface area contributed by atoms with Gasteiger partial charge in [-0.25, -0.2) is 9.97 Å². The Bertz CT molecular complexity index is 598. The van der Waals surface area contributed by atoms with E-state index in [0.29, 0.717) is 5.37 Å². The molecular formula is C15H19N3S2. The second-order valence-electron chi connectivity index (χ2n) is 5.65. The van der Waals surface area contributed by atoms with E-state index in [9.17, 15) is 0 Å². The van der Waals surface area contributed by atoms with Crippen LogP contribution in [0.3, 0.4) is 0 Å². The van der Waals surface area contributed by atoms with Gasteiger partial charge in [-0.1, -0.05) is 0 Å². The van der Waals surface area contributed by atoms with Crippen LogP contribution in [0.25, 0.3) is 11.2 Å². The third-order valence-corrected chi connectivity index (χ3v) is 6.80. The van der Waals surface area contributed by atoms with Gasteiger partial charge in [0.25, 0.3) is 0 Å². The van der Waals surface area contributed by atoms with Gasteiger partial charge in [0.1, 0.15) is 11.3 Å². The maximum absolute atomic E-state index is 4.90. The summed E-state index contributed by atoms with van der Waals surface area (Å²) in [4.78, 5) is 9.50. The summed E-state index contributed by atoms with van der Waals surface area (Å²) in [5.41, 5.74) is 2.16. The van der Waals surface area contributed by atoms with Crippen LogP contribution in [0.1, 0.15) is 30.5 Å². The Morgan fingerprint density at radius 3 is 3.10 bits per heavy atom. The van der Waals surface area contributed by atoms with Crippen molar-refractivity contribution in [2.24, 2.45) is 5.92 Å². The van der Waals surface area contributed by atoms with E-state index < -0.39 is 0 Å². The van der Waals surface area contributed by atoms with Crippen LogP contribution >= 0.6 is 23.5 Å². The topological polar surface area (TPSA) is 30.7 Å². The molecule has 2 aliphatic heterocycles. The van der Waals surface area contributed by atoms with Gasteiger partial charge in [-0.2, -0.15) is 11.8 Å². The van der Waals surface area contributed by atoms with Crippen molar-refractivity contribution < 1.29 is 0 Å². The molecule has 2 unspecified atom stereocenters. The van der Waals surface area contributed by atoms with Crippen molar-refractivity contribution >= 4 is 34.7 Å². The van der Waals surface area contributed by atoms with Crippen LogP contribution < -0.4 is 0 Å². The van der Waals surface area contributed by atoms with E-state index in [1.165, 1.54) is 42.3 Å². The monoisotopic (exact) mass is 305 g/mol. The van der Waals surface area contributed by atoms with Gasteiger partial charge in [0, 0.05) is 12.6 Å². The molecule has 2 atom stereocenters. The van der Waals surface area contributed by atoms with Crippen molar-refractivity contribution in [2.45, 2.75) is 31.1 Å². The molecule has 4 rings (SSSR count). The van der Waals surface area contributed by atoms with Crippen LogP contribution in [0.2, 0.25) is 0 Å². The fourth-order valence-electron chi connectivity index (χ4n) is 3.19. The number of hydrogen-bond donors (Lipinski definition) is 0. The van der Waals surface area contributed by atoms with Crippen molar-refractivity contribution in [1.82, 2.24) is 14.5 Å². The van der Waals surface area contributed by atoms with Crippen LogP contribution in [0, 0.1) is 5.92 Å². The Morgan fingerprint density at radius 1 is 1.30 bits per heavy atom. The average Bonchev–Trinajstić information content (AvgIpc) is 3.18. The van der Waals surface area contributed by atoms with Crippen LogP contribution in [0.15, 0.2) is 18.3 Å². The highest BCUT2D eigenvalue weighted by atomic mass is 32.2. The smallest absolute Gasteiger partial charge is 0.160 e. The number of thioether (sulfide) groups is 2. The molecule has 2 saturated heterocycles. The highest BCUT2D eigenvalue weighted by Gasteiger charge is 2.26. The zero-order chi connectivity index (χ0) is 13.4. The molecule has 0 radical (unpaired) electrons. The van der Waals surface area contributed by atoms with Crippen molar-refractivity contribution in [3.63, 3.8) is 0 Å². The molecule has 5 heteroatoms. The molecule has 0 aromatic carbocycles. The molecule has 0 saturated carbocycles. The van der Waals surface area contributed by atoms with E-state index >= 15 is 0 Å². The molecule has 0 spiro atoms. The number of aromatic nitrogens is 3. The van der Waals surface area contributed by atoms with Crippen LogP contribution in [-0.2, 0) is 6.42 Å². The Kier molecular flexibility index (Phi) is 3.65. The Morgan fingerprint density at radius 2 is 2.30 bits per heavy atom. The lowest BCUT2D eigenvalue weighted by Crippen LogP contribution is -2.12. The molecule has 3 nitrogen and oxygen atoms in total. The summed E-state index contributed by atoms with van der Waals surface area (Å²) < 4.78 is 2.44. The van der Waals surface area contributed by atoms with Gasteiger partial charge in [0.2, 0.25) is 0 Å². The second kappa shape index (κ2) is 5.60. The first-order chi connectivity index (χ1) is 9.92. The Labute approximate surface area is 127 Å². The quantitative estimate of drug-likeness (QED) is 0.864. The zero-order valence-corrected chi connectivity index (χ0v) is 13.1. The molecule has 106 valence electrons. The minimum atomic E-state index is 0.555. The molecule has 0 N–H and O–H groups in total. The van der Waals surface area contributed by atoms with Gasteiger partial charge < -0.3 is 0 Å². The number of fused-ring (bicyclic) bond motifs is 1. The summed E-state index contributed by atoms with van der Waals surface area (Å²) in [7, 11) is 0. The molecule has 20 heavy (non-hydrogen) atoms. The molecule has 0 amide bonds. The van der Waals surface area contributed by atoms with E-state index in [2.05, 4.69) is 39.1 Å². The van der Waals surface area contributed by atoms with Crippen molar-refractivity contribution in [3.05, 3.63) is 24.2 Å². The van der Waals surface area contributed by atoms with Gasteiger partial charge in [0.05, 0.1) is 5.37 Å². The molecule has 2 aromatic rings. The minimum Gasteiger partial charge on any atom is -0.300 e. The molecule has 0 bridgehead atoms. The maximum Gasteiger partial charge on any atom is 0.160 e. The number of pyridine rings is 1. The molecule has 0 aliphatic carbocycles. The average molecular weight is 305 g/mol. The zero-order valence-electron chi connectivity index (χ0n) is 11.5. The number of hydrogen-bond acceptors (Lipinski definition) is 4. The molecule has 4 heterocycles. The largest absolute Gasteiger partial charge is 0.300 e. The summed E-state index contributed by atoms with van der Waals surface area (Å²) in [6.07, 6.45) is 6.95. The normalized spacial score (nSPS) is 26.6. The van der Waals surface area contributed by atoms with E-state index in [4.69, 9.17) is 4.98 Å². The van der Waals surface area contributed by atoms with Crippen molar-refractivity contribution in [1.29, 1.82) is 0 Å². The van der Waals surface area contributed by atoms with Crippen LogP contribution in [0.5, 0.6) is 0 Å². The third kappa shape index (κ3) is 2.35. The highest BCUT2D eigenvalue weighted by Crippen LogP contribution is 2.39. The van der Waals surface area contributed by atoms with E-state index in [1.807, 2.05) is 12.3 Å². The van der Waals surface area contributed by atoms with E-state index in [1.54, 1.807) is 0 Å². The van der Waals surface area contributed by atoms with Crippen LogP contribution in [-0.4, -0.2) is 31.8 Å². The van der Waals surface area contributed by atoms with E-state index in [-0.39, 0.29) is 0 Å². The maximum atomic E-state index is 4.90. The van der Waals surface area contributed by atoms with Gasteiger partial charge in [0.15, 0.2) is 5.65 Å². The molecular weight excluding hydrogens is 286 g/mol. The van der Waals surface area contributed by atoms with Gasteiger partial charge >= 0.3 is 0 Å². The third-order valence-electron chi connectivity index (χ3n) is 4.21.